The Hall–Kier alpha value is -3.33. The third kappa shape index (κ3) is 4.82. The summed E-state index contributed by atoms with van der Waals surface area (Å²) >= 11 is 0. The number of carbonyl (C=O) groups is 1. The molecule has 0 saturated carbocycles. The van der Waals surface area contributed by atoms with E-state index in [0.717, 1.165) is 0 Å². The summed E-state index contributed by atoms with van der Waals surface area (Å²) in [4.78, 5) is 20.9. The highest BCUT2D eigenvalue weighted by atomic mass is 16.6. The smallest absolute Gasteiger partial charge is 0.433 e. The molecule has 0 aliphatic carbocycles. The molecule has 1 atom stereocenters. The van der Waals surface area contributed by atoms with Crippen LogP contribution >= 0.6 is 0 Å². The number of hydrogen-bond donors (Lipinski definition) is 2. The summed E-state index contributed by atoms with van der Waals surface area (Å²) in [6.07, 6.45) is 2.75. The molecular formula is C16H17N3O6. The van der Waals surface area contributed by atoms with Gasteiger partial charge >= 0.3 is 5.88 Å². The first kappa shape index (κ1) is 18.0. The van der Waals surface area contributed by atoms with Crippen LogP contribution in [-0.2, 0) is 4.79 Å². The zero-order chi connectivity index (χ0) is 18.4. The molecule has 132 valence electrons. The molecule has 0 fully saturated rings. The molecule has 0 spiro atoms. The van der Waals surface area contributed by atoms with Crippen LogP contribution in [0.25, 0.3) is 6.08 Å². The minimum atomic E-state index is -0.630. The molecular weight excluding hydrogens is 330 g/mol. The first-order valence-electron chi connectivity index (χ1n) is 7.20. The Morgan fingerprint density at radius 3 is 2.72 bits per heavy atom. The van der Waals surface area contributed by atoms with Gasteiger partial charge in [-0.25, -0.2) is 0 Å². The third-order valence-corrected chi connectivity index (χ3v) is 3.26. The highest BCUT2D eigenvalue weighted by Gasteiger charge is 2.13. The molecule has 0 radical (unpaired) electrons. The Morgan fingerprint density at radius 2 is 2.12 bits per heavy atom. The molecule has 1 aromatic carbocycles. The second-order valence-electron chi connectivity index (χ2n) is 5.04. The number of nitro groups is 1. The van der Waals surface area contributed by atoms with Crippen molar-refractivity contribution in [1.82, 2.24) is 0 Å². The average Bonchev–Trinajstić information content (AvgIpc) is 3.03. The van der Waals surface area contributed by atoms with Gasteiger partial charge in [0.2, 0.25) is 5.91 Å². The lowest BCUT2D eigenvalue weighted by molar-refractivity contribution is -0.402. The summed E-state index contributed by atoms with van der Waals surface area (Å²) in [6, 6.07) is 7.12. The lowest BCUT2D eigenvalue weighted by atomic mass is 10.0. The maximum absolute atomic E-state index is 11.0. The van der Waals surface area contributed by atoms with Gasteiger partial charge in [-0.2, -0.15) is 0 Å². The van der Waals surface area contributed by atoms with Gasteiger partial charge in [-0.05, 0) is 23.8 Å². The van der Waals surface area contributed by atoms with Crippen LogP contribution in [0, 0.1) is 10.1 Å². The number of nitrogens with two attached hydrogens (primary N) is 2. The van der Waals surface area contributed by atoms with Crippen molar-refractivity contribution >= 4 is 17.9 Å². The number of carbonyl (C=O) groups excluding carboxylic acids is 1. The van der Waals surface area contributed by atoms with Gasteiger partial charge < -0.3 is 25.4 Å². The van der Waals surface area contributed by atoms with Crippen molar-refractivity contribution < 1.29 is 23.6 Å². The second kappa shape index (κ2) is 7.97. The monoisotopic (exact) mass is 347 g/mol. The maximum atomic E-state index is 11.0. The van der Waals surface area contributed by atoms with E-state index >= 15 is 0 Å². The lowest BCUT2D eigenvalue weighted by Gasteiger charge is -2.13. The SMILES string of the molecule is COc1cc(C(N)CC(N)=O)ccc1O/C=C/c1ccc([N+](=O)[O-])o1. The standard InChI is InChI=1S/C16H17N3O6/c1-23-14-8-10(12(17)9-15(18)20)2-4-13(14)24-7-6-11-3-5-16(25-11)19(21)22/h2-8,12H,9,17H2,1H3,(H2,18,20)/b7-6+. The zero-order valence-corrected chi connectivity index (χ0v) is 13.4. The van der Waals surface area contributed by atoms with E-state index in [2.05, 4.69) is 0 Å². The fourth-order valence-electron chi connectivity index (χ4n) is 2.05. The van der Waals surface area contributed by atoms with Crippen molar-refractivity contribution in [2.75, 3.05) is 7.11 Å². The topological polar surface area (TPSA) is 144 Å². The molecule has 0 aliphatic rings. The zero-order valence-electron chi connectivity index (χ0n) is 13.4. The summed E-state index contributed by atoms with van der Waals surface area (Å²) in [7, 11) is 1.46. The van der Waals surface area contributed by atoms with Crippen molar-refractivity contribution in [3.63, 3.8) is 0 Å². The number of amides is 1. The van der Waals surface area contributed by atoms with Gasteiger partial charge in [0.25, 0.3) is 0 Å². The summed E-state index contributed by atoms with van der Waals surface area (Å²) in [5, 5.41) is 10.5. The van der Waals surface area contributed by atoms with Crippen molar-refractivity contribution in [3.05, 3.63) is 58.0 Å². The fraction of sp³-hybridized carbons (Fsp3) is 0.188. The predicted octanol–water partition coefficient (Wildman–Crippen LogP) is 2.12. The van der Waals surface area contributed by atoms with E-state index in [1.807, 2.05) is 0 Å². The molecule has 0 saturated heterocycles. The summed E-state index contributed by atoms with van der Waals surface area (Å²) in [5.74, 6) is 0.223. The molecule has 1 amide bonds. The van der Waals surface area contributed by atoms with E-state index in [4.69, 9.17) is 25.4 Å². The predicted molar refractivity (Wildman–Crippen MR) is 88.8 cm³/mol. The molecule has 2 rings (SSSR count). The van der Waals surface area contributed by atoms with Crippen molar-refractivity contribution in [2.45, 2.75) is 12.5 Å². The Morgan fingerprint density at radius 1 is 1.36 bits per heavy atom. The lowest BCUT2D eigenvalue weighted by Crippen LogP contribution is -2.20. The van der Waals surface area contributed by atoms with Crippen LogP contribution in [0.4, 0.5) is 5.88 Å². The van der Waals surface area contributed by atoms with Crippen molar-refractivity contribution in [3.8, 4) is 11.5 Å². The first-order valence-corrected chi connectivity index (χ1v) is 7.20. The van der Waals surface area contributed by atoms with E-state index in [1.165, 1.54) is 31.6 Å². The van der Waals surface area contributed by atoms with E-state index < -0.39 is 16.9 Å². The minimum absolute atomic E-state index is 0.0144. The largest absolute Gasteiger partial charge is 0.493 e. The molecule has 25 heavy (non-hydrogen) atoms. The highest BCUT2D eigenvalue weighted by Crippen LogP contribution is 2.31. The Labute approximate surface area is 143 Å². The van der Waals surface area contributed by atoms with Gasteiger partial charge in [0.05, 0.1) is 19.4 Å². The molecule has 4 N–H and O–H groups in total. The van der Waals surface area contributed by atoms with Gasteiger partial charge in [-0.3, -0.25) is 14.9 Å². The first-order chi connectivity index (χ1) is 11.9. The molecule has 1 heterocycles. The van der Waals surface area contributed by atoms with Gasteiger partial charge in [0.15, 0.2) is 11.5 Å². The molecule has 2 aromatic rings. The van der Waals surface area contributed by atoms with Crippen LogP contribution in [-0.4, -0.2) is 17.9 Å². The summed E-state index contributed by atoms with van der Waals surface area (Å²) in [6.45, 7) is 0. The van der Waals surface area contributed by atoms with Gasteiger partial charge in [0.1, 0.15) is 10.7 Å². The number of hydrogen-bond acceptors (Lipinski definition) is 7. The number of methoxy groups -OCH3 is 1. The van der Waals surface area contributed by atoms with E-state index in [0.29, 0.717) is 17.1 Å². The van der Waals surface area contributed by atoms with Crippen molar-refractivity contribution in [1.29, 1.82) is 0 Å². The normalized spacial score (nSPS) is 12.1. The van der Waals surface area contributed by atoms with Gasteiger partial charge in [-0.1, -0.05) is 6.07 Å². The van der Waals surface area contributed by atoms with Gasteiger partial charge in [-0.15, -0.1) is 0 Å². The van der Waals surface area contributed by atoms with Gasteiger partial charge in [0, 0.05) is 18.5 Å². The number of benzene rings is 1. The van der Waals surface area contributed by atoms with Crippen molar-refractivity contribution in [2.24, 2.45) is 11.5 Å². The highest BCUT2D eigenvalue weighted by molar-refractivity contribution is 5.74. The molecule has 9 nitrogen and oxygen atoms in total. The Balaban J connectivity index is 2.09. The number of ether oxygens (including phenoxy) is 2. The van der Waals surface area contributed by atoms with E-state index in [9.17, 15) is 14.9 Å². The van der Waals surface area contributed by atoms with E-state index in [-0.39, 0.29) is 18.1 Å². The number of primary amides is 1. The molecule has 1 unspecified atom stereocenters. The number of nitrogens with zero attached hydrogens (tertiary/aromatic N) is 1. The summed E-state index contributed by atoms with van der Waals surface area (Å²) in [5.41, 5.74) is 11.7. The molecule has 0 aliphatic heterocycles. The van der Waals surface area contributed by atoms with Crippen LogP contribution in [0.1, 0.15) is 23.8 Å². The Kier molecular flexibility index (Phi) is 5.75. The van der Waals surface area contributed by atoms with Crippen LogP contribution in [0.5, 0.6) is 11.5 Å². The van der Waals surface area contributed by atoms with E-state index in [1.54, 1.807) is 18.2 Å². The maximum Gasteiger partial charge on any atom is 0.433 e. The second-order valence-corrected chi connectivity index (χ2v) is 5.04. The molecule has 0 bridgehead atoms. The third-order valence-electron chi connectivity index (χ3n) is 3.26. The van der Waals surface area contributed by atoms with Crippen LogP contribution < -0.4 is 20.9 Å². The fourth-order valence-corrected chi connectivity index (χ4v) is 2.05. The number of rotatable bonds is 8. The summed E-state index contributed by atoms with van der Waals surface area (Å²) < 4.78 is 15.7. The van der Waals surface area contributed by atoms with Crippen LogP contribution in [0.15, 0.2) is 41.0 Å². The number of furan rings is 1. The molecule has 9 heteroatoms. The van der Waals surface area contributed by atoms with Crippen LogP contribution in [0.3, 0.4) is 0 Å². The minimum Gasteiger partial charge on any atom is -0.493 e. The quantitative estimate of drug-likeness (QED) is 0.423. The average molecular weight is 347 g/mol. The molecule has 1 aromatic heterocycles. The Bertz CT molecular complexity index is 799. The van der Waals surface area contributed by atoms with Crippen LogP contribution in [0.2, 0.25) is 0 Å².